The lowest BCUT2D eigenvalue weighted by Gasteiger charge is -2.18. The summed E-state index contributed by atoms with van der Waals surface area (Å²) in [5, 5.41) is 7.91. The second kappa shape index (κ2) is 5.80. The predicted octanol–water partition coefficient (Wildman–Crippen LogP) is 4.71. The highest BCUT2D eigenvalue weighted by atomic mass is 14.6. The Kier molecular flexibility index (Phi) is 3.64. The summed E-state index contributed by atoms with van der Waals surface area (Å²) in [6.45, 7) is 0.741. The van der Waals surface area contributed by atoms with Gasteiger partial charge in [-0.25, -0.2) is 0 Å². The van der Waals surface area contributed by atoms with Crippen LogP contribution in [0.15, 0.2) is 54.6 Å². The summed E-state index contributed by atoms with van der Waals surface area (Å²) >= 11 is 0. The molecule has 0 saturated carbocycles. The van der Waals surface area contributed by atoms with Crippen LogP contribution < -0.4 is 11.5 Å². The summed E-state index contributed by atoms with van der Waals surface area (Å²) in [5.74, 6) is 0. The van der Waals surface area contributed by atoms with Crippen LogP contribution in [-0.4, -0.2) is 6.54 Å². The van der Waals surface area contributed by atoms with Crippen LogP contribution in [-0.2, 0) is 0 Å². The van der Waals surface area contributed by atoms with Crippen LogP contribution in [0.1, 0.15) is 30.9 Å². The molecule has 0 aliphatic heterocycles. The highest BCUT2D eigenvalue weighted by molar-refractivity contribution is 6.23. The molecular formula is C21H22N2. The maximum atomic E-state index is 6.49. The maximum absolute atomic E-state index is 6.49. The van der Waals surface area contributed by atoms with Crippen molar-refractivity contribution in [3.8, 4) is 0 Å². The minimum absolute atomic E-state index is 0.0751. The smallest absolute Gasteiger partial charge is 0.0301 e. The summed E-state index contributed by atoms with van der Waals surface area (Å²) in [4.78, 5) is 0. The molecule has 2 heteroatoms. The van der Waals surface area contributed by atoms with Crippen LogP contribution in [0.25, 0.3) is 32.3 Å². The standard InChI is InChI=1S/C21H22N2/c22-13-2-1-6-19(23)17-11-9-16-8-7-14-4-3-5-15-10-12-18(17)21(16)20(14)15/h3-5,7-12,19H,1-2,6,13,22-23H2/t19-/m0/s1. The minimum Gasteiger partial charge on any atom is -0.330 e. The van der Waals surface area contributed by atoms with Gasteiger partial charge in [-0.3, -0.25) is 0 Å². The first-order valence-electron chi connectivity index (χ1n) is 8.41. The number of benzene rings is 4. The average Bonchev–Trinajstić information content (AvgIpc) is 2.59. The van der Waals surface area contributed by atoms with Gasteiger partial charge in [-0.1, -0.05) is 61.0 Å². The van der Waals surface area contributed by atoms with E-state index >= 15 is 0 Å². The molecule has 0 bridgehead atoms. The number of nitrogens with two attached hydrogens (primary N) is 2. The van der Waals surface area contributed by atoms with Crippen LogP contribution in [0, 0.1) is 0 Å². The van der Waals surface area contributed by atoms with Crippen LogP contribution in [0.5, 0.6) is 0 Å². The van der Waals surface area contributed by atoms with Gasteiger partial charge in [0.1, 0.15) is 0 Å². The molecule has 4 aromatic carbocycles. The van der Waals surface area contributed by atoms with Gasteiger partial charge in [-0.05, 0) is 57.3 Å². The molecule has 23 heavy (non-hydrogen) atoms. The zero-order valence-corrected chi connectivity index (χ0v) is 13.3. The third-order valence-corrected chi connectivity index (χ3v) is 4.93. The number of unbranched alkanes of at least 4 members (excludes halogenated alkanes) is 1. The monoisotopic (exact) mass is 302 g/mol. The molecule has 4 rings (SSSR count). The van der Waals surface area contributed by atoms with E-state index in [0.717, 1.165) is 25.8 Å². The summed E-state index contributed by atoms with van der Waals surface area (Å²) < 4.78 is 0. The average molecular weight is 302 g/mol. The van der Waals surface area contributed by atoms with Gasteiger partial charge in [0.15, 0.2) is 0 Å². The third-order valence-electron chi connectivity index (χ3n) is 4.93. The normalized spacial score (nSPS) is 13.3. The molecule has 0 aromatic heterocycles. The van der Waals surface area contributed by atoms with Crippen LogP contribution >= 0.6 is 0 Å². The first-order chi connectivity index (χ1) is 11.3. The maximum Gasteiger partial charge on any atom is 0.0301 e. The molecule has 0 heterocycles. The quantitative estimate of drug-likeness (QED) is 0.414. The predicted molar refractivity (Wildman–Crippen MR) is 100.0 cm³/mol. The Morgan fingerprint density at radius 3 is 2.13 bits per heavy atom. The van der Waals surface area contributed by atoms with Crippen molar-refractivity contribution < 1.29 is 0 Å². The number of rotatable bonds is 5. The molecule has 0 unspecified atom stereocenters. The Morgan fingerprint density at radius 2 is 1.39 bits per heavy atom. The molecule has 116 valence electrons. The fourth-order valence-electron chi connectivity index (χ4n) is 3.75. The van der Waals surface area contributed by atoms with E-state index in [1.807, 2.05) is 0 Å². The van der Waals surface area contributed by atoms with E-state index in [1.54, 1.807) is 0 Å². The molecule has 0 aliphatic rings. The first kappa shape index (κ1) is 14.4. The van der Waals surface area contributed by atoms with Gasteiger partial charge in [0.25, 0.3) is 0 Å². The summed E-state index contributed by atoms with van der Waals surface area (Å²) in [5.41, 5.74) is 13.4. The van der Waals surface area contributed by atoms with E-state index in [1.165, 1.54) is 37.9 Å². The molecule has 0 aliphatic carbocycles. The fourth-order valence-corrected chi connectivity index (χ4v) is 3.75. The SMILES string of the molecule is NCCCC[C@H](N)c1ccc2ccc3cccc4ccc1c2c34. The summed E-state index contributed by atoms with van der Waals surface area (Å²) in [6.07, 6.45) is 3.11. The second-order valence-electron chi connectivity index (χ2n) is 6.40. The highest BCUT2D eigenvalue weighted by Crippen LogP contribution is 2.37. The van der Waals surface area contributed by atoms with E-state index in [-0.39, 0.29) is 6.04 Å². The van der Waals surface area contributed by atoms with Gasteiger partial charge in [0.05, 0.1) is 0 Å². The van der Waals surface area contributed by atoms with Gasteiger partial charge < -0.3 is 11.5 Å². The third kappa shape index (κ3) is 2.35. The Balaban J connectivity index is 1.93. The van der Waals surface area contributed by atoms with Crippen molar-refractivity contribution in [1.82, 2.24) is 0 Å². The fraction of sp³-hybridized carbons (Fsp3) is 0.238. The van der Waals surface area contributed by atoms with Crippen LogP contribution in [0.3, 0.4) is 0 Å². The number of hydrogen-bond acceptors (Lipinski definition) is 2. The zero-order chi connectivity index (χ0) is 15.8. The molecular weight excluding hydrogens is 280 g/mol. The molecule has 0 radical (unpaired) electrons. The largest absolute Gasteiger partial charge is 0.330 e. The zero-order valence-electron chi connectivity index (χ0n) is 13.3. The van der Waals surface area contributed by atoms with Gasteiger partial charge >= 0.3 is 0 Å². The van der Waals surface area contributed by atoms with Crippen molar-refractivity contribution in [2.45, 2.75) is 25.3 Å². The molecule has 4 N–H and O–H groups in total. The Hall–Kier alpha value is -2.16. The van der Waals surface area contributed by atoms with Gasteiger partial charge in [-0.2, -0.15) is 0 Å². The lowest BCUT2D eigenvalue weighted by Crippen LogP contribution is -2.11. The van der Waals surface area contributed by atoms with E-state index in [9.17, 15) is 0 Å². The molecule has 4 aromatic rings. The number of hydrogen-bond donors (Lipinski definition) is 2. The first-order valence-corrected chi connectivity index (χ1v) is 8.41. The molecule has 0 amide bonds. The van der Waals surface area contributed by atoms with Gasteiger partial charge in [-0.15, -0.1) is 0 Å². The lowest BCUT2D eigenvalue weighted by atomic mass is 9.89. The molecule has 1 atom stereocenters. The summed E-state index contributed by atoms with van der Waals surface area (Å²) in [6, 6.07) is 19.9. The van der Waals surface area contributed by atoms with E-state index in [4.69, 9.17) is 11.5 Å². The molecule has 0 fully saturated rings. The Labute approximate surface area is 136 Å². The van der Waals surface area contributed by atoms with Crippen molar-refractivity contribution in [2.24, 2.45) is 11.5 Å². The second-order valence-corrected chi connectivity index (χ2v) is 6.40. The van der Waals surface area contributed by atoms with Gasteiger partial charge in [0.2, 0.25) is 0 Å². The molecule has 0 saturated heterocycles. The van der Waals surface area contributed by atoms with Gasteiger partial charge in [0, 0.05) is 6.04 Å². The lowest BCUT2D eigenvalue weighted by molar-refractivity contribution is 0.594. The van der Waals surface area contributed by atoms with E-state index < -0.39 is 0 Å². The van der Waals surface area contributed by atoms with Crippen molar-refractivity contribution in [3.63, 3.8) is 0 Å². The topological polar surface area (TPSA) is 52.0 Å². The van der Waals surface area contributed by atoms with Crippen molar-refractivity contribution >= 4 is 32.3 Å². The Morgan fingerprint density at radius 1 is 0.739 bits per heavy atom. The van der Waals surface area contributed by atoms with Crippen LogP contribution in [0.4, 0.5) is 0 Å². The van der Waals surface area contributed by atoms with Crippen molar-refractivity contribution in [1.29, 1.82) is 0 Å². The highest BCUT2D eigenvalue weighted by Gasteiger charge is 2.14. The van der Waals surface area contributed by atoms with Crippen molar-refractivity contribution in [3.05, 3.63) is 60.2 Å². The van der Waals surface area contributed by atoms with E-state index in [0.29, 0.717) is 0 Å². The van der Waals surface area contributed by atoms with E-state index in [2.05, 4.69) is 54.6 Å². The van der Waals surface area contributed by atoms with Crippen LogP contribution in [0.2, 0.25) is 0 Å². The minimum atomic E-state index is 0.0751. The molecule has 2 nitrogen and oxygen atoms in total. The Bertz CT molecular complexity index is 942. The summed E-state index contributed by atoms with van der Waals surface area (Å²) in [7, 11) is 0. The van der Waals surface area contributed by atoms with Crippen molar-refractivity contribution in [2.75, 3.05) is 6.54 Å². The molecule has 0 spiro atoms.